The zero-order chi connectivity index (χ0) is 25.6. The highest BCUT2D eigenvalue weighted by Crippen LogP contribution is 2.44. The van der Waals surface area contributed by atoms with E-state index >= 15 is 0 Å². The molecule has 1 saturated carbocycles. The maximum Gasteiger partial charge on any atom is 0.407 e. The molecule has 2 aliphatic rings. The van der Waals surface area contributed by atoms with Gasteiger partial charge in [0.05, 0.1) is 7.11 Å². The first kappa shape index (κ1) is 24.9. The Morgan fingerprint density at radius 1 is 0.838 bits per heavy atom. The van der Waals surface area contributed by atoms with E-state index in [-0.39, 0.29) is 25.0 Å². The normalized spacial score (nSPS) is 15.8. The van der Waals surface area contributed by atoms with Gasteiger partial charge in [-0.1, -0.05) is 79.9 Å². The van der Waals surface area contributed by atoms with Gasteiger partial charge in [-0.25, -0.2) is 9.59 Å². The van der Waals surface area contributed by atoms with Crippen molar-refractivity contribution in [3.63, 3.8) is 0 Å². The third-order valence-corrected chi connectivity index (χ3v) is 7.53. The van der Waals surface area contributed by atoms with Gasteiger partial charge in [-0.2, -0.15) is 0 Å². The van der Waals surface area contributed by atoms with Gasteiger partial charge in [-0.15, -0.1) is 0 Å². The third kappa shape index (κ3) is 5.63. The molecule has 3 aromatic carbocycles. The maximum absolute atomic E-state index is 13.1. The quantitative estimate of drug-likeness (QED) is 0.372. The van der Waals surface area contributed by atoms with Crippen LogP contribution in [0.2, 0.25) is 0 Å². The number of alkyl carbamates (subject to hydrolysis) is 1. The molecule has 37 heavy (non-hydrogen) atoms. The van der Waals surface area contributed by atoms with Gasteiger partial charge in [0.25, 0.3) is 0 Å². The first-order valence-electron chi connectivity index (χ1n) is 13.0. The van der Waals surface area contributed by atoms with Crippen LogP contribution in [0.1, 0.15) is 54.7 Å². The summed E-state index contributed by atoms with van der Waals surface area (Å²) < 4.78 is 16.6. The Hall–Kier alpha value is -3.80. The lowest BCUT2D eigenvalue weighted by Crippen LogP contribution is -2.47. The summed E-state index contributed by atoms with van der Waals surface area (Å²) in [5.74, 6) is 0.328. The molecule has 6 nitrogen and oxygen atoms in total. The zero-order valence-electron chi connectivity index (χ0n) is 21.2. The van der Waals surface area contributed by atoms with Crippen molar-refractivity contribution in [3.8, 4) is 16.9 Å². The van der Waals surface area contributed by atoms with Gasteiger partial charge in [0.2, 0.25) is 0 Å². The second-order valence-corrected chi connectivity index (χ2v) is 9.80. The number of ether oxygens (including phenoxy) is 3. The second-order valence-electron chi connectivity index (χ2n) is 9.80. The van der Waals surface area contributed by atoms with E-state index in [0.717, 1.165) is 54.5 Å². The van der Waals surface area contributed by atoms with Crippen LogP contribution < -0.4 is 10.1 Å². The summed E-state index contributed by atoms with van der Waals surface area (Å²) in [6.45, 7) is 0.344. The fourth-order valence-electron chi connectivity index (χ4n) is 5.57. The standard InChI is InChI=1S/C31H33NO5/c1-35-23-17-15-21(16-18-23)19-36-30(33)29(22-9-3-2-4-10-22)32-31(34)37-20-28-26-13-7-5-11-24(26)25-12-6-8-14-27(25)28/h5-8,11-18,22,28-29H,2-4,9-10,19-20H2,1H3,(H,32,34)/t29-/m0/s1. The van der Waals surface area contributed by atoms with Crippen LogP contribution in [0.4, 0.5) is 4.79 Å². The van der Waals surface area contributed by atoms with E-state index in [2.05, 4.69) is 29.6 Å². The van der Waals surface area contributed by atoms with Crippen molar-refractivity contribution in [1.82, 2.24) is 5.32 Å². The molecule has 1 amide bonds. The van der Waals surface area contributed by atoms with Gasteiger partial charge in [0.15, 0.2) is 0 Å². The fourth-order valence-corrected chi connectivity index (χ4v) is 5.57. The van der Waals surface area contributed by atoms with Crippen LogP contribution in [0.25, 0.3) is 11.1 Å². The van der Waals surface area contributed by atoms with Crippen LogP contribution in [0.5, 0.6) is 5.75 Å². The van der Waals surface area contributed by atoms with E-state index in [9.17, 15) is 9.59 Å². The van der Waals surface area contributed by atoms with E-state index in [0.29, 0.717) is 0 Å². The van der Waals surface area contributed by atoms with Gasteiger partial charge < -0.3 is 19.5 Å². The number of hydrogen-bond donors (Lipinski definition) is 1. The minimum atomic E-state index is -0.728. The average molecular weight is 500 g/mol. The summed E-state index contributed by atoms with van der Waals surface area (Å²) in [5.41, 5.74) is 5.51. The zero-order valence-corrected chi connectivity index (χ0v) is 21.2. The number of hydrogen-bond acceptors (Lipinski definition) is 5. The van der Waals surface area contributed by atoms with Crippen molar-refractivity contribution >= 4 is 12.1 Å². The molecular weight excluding hydrogens is 466 g/mol. The molecule has 0 spiro atoms. The van der Waals surface area contributed by atoms with Crippen LogP contribution in [0.3, 0.4) is 0 Å². The topological polar surface area (TPSA) is 73.9 Å². The van der Waals surface area contributed by atoms with E-state index in [1.54, 1.807) is 7.11 Å². The van der Waals surface area contributed by atoms with E-state index < -0.39 is 18.1 Å². The van der Waals surface area contributed by atoms with Crippen LogP contribution >= 0.6 is 0 Å². The molecular formula is C31H33NO5. The molecule has 1 atom stereocenters. The van der Waals surface area contributed by atoms with E-state index in [1.807, 2.05) is 48.5 Å². The van der Waals surface area contributed by atoms with Gasteiger partial charge in [-0.3, -0.25) is 0 Å². The smallest absolute Gasteiger partial charge is 0.407 e. The first-order chi connectivity index (χ1) is 18.1. The molecule has 1 fully saturated rings. The number of nitrogens with one attached hydrogen (secondary N) is 1. The van der Waals surface area contributed by atoms with Crippen LogP contribution in [-0.4, -0.2) is 31.8 Å². The Balaban J connectivity index is 1.23. The number of fused-ring (bicyclic) bond motifs is 3. The van der Waals surface area contributed by atoms with Crippen molar-refractivity contribution in [3.05, 3.63) is 89.5 Å². The molecule has 2 aliphatic carbocycles. The van der Waals surface area contributed by atoms with Gasteiger partial charge in [0, 0.05) is 5.92 Å². The van der Waals surface area contributed by atoms with Crippen molar-refractivity contribution in [1.29, 1.82) is 0 Å². The molecule has 5 rings (SSSR count). The van der Waals surface area contributed by atoms with Gasteiger partial charge in [-0.05, 0) is 58.7 Å². The summed E-state index contributed by atoms with van der Waals surface area (Å²) >= 11 is 0. The highest BCUT2D eigenvalue weighted by Gasteiger charge is 2.34. The lowest BCUT2D eigenvalue weighted by atomic mass is 9.84. The first-order valence-corrected chi connectivity index (χ1v) is 13.0. The third-order valence-electron chi connectivity index (χ3n) is 7.53. The number of rotatable bonds is 8. The SMILES string of the molecule is COc1ccc(COC(=O)[C@@H](NC(=O)OCC2c3ccccc3-c3ccccc32)C2CCCCC2)cc1. The Morgan fingerprint density at radius 3 is 2.08 bits per heavy atom. The molecule has 0 aromatic heterocycles. The fraction of sp³-hybridized carbons (Fsp3) is 0.355. The molecule has 0 saturated heterocycles. The number of methoxy groups -OCH3 is 1. The molecule has 0 heterocycles. The Kier molecular flexibility index (Phi) is 7.73. The monoisotopic (exact) mass is 499 g/mol. The molecule has 3 aromatic rings. The number of esters is 1. The highest BCUT2D eigenvalue weighted by molar-refractivity contribution is 5.82. The summed E-state index contributed by atoms with van der Waals surface area (Å²) in [6.07, 6.45) is 4.41. The van der Waals surface area contributed by atoms with E-state index in [4.69, 9.17) is 14.2 Å². The van der Waals surface area contributed by atoms with Gasteiger partial charge in [0.1, 0.15) is 25.0 Å². The van der Waals surface area contributed by atoms with E-state index in [1.165, 1.54) is 11.1 Å². The largest absolute Gasteiger partial charge is 0.497 e. The summed E-state index contributed by atoms with van der Waals surface area (Å²) in [7, 11) is 1.61. The number of carbonyl (C=O) groups excluding carboxylic acids is 2. The molecule has 0 bridgehead atoms. The molecule has 0 aliphatic heterocycles. The van der Waals surface area contributed by atoms with Crippen LogP contribution in [0, 0.1) is 5.92 Å². The Bertz CT molecular complexity index is 1190. The minimum Gasteiger partial charge on any atom is -0.497 e. The second kappa shape index (κ2) is 11.5. The van der Waals surface area contributed by atoms with Crippen LogP contribution in [0.15, 0.2) is 72.8 Å². The predicted molar refractivity (Wildman–Crippen MR) is 141 cm³/mol. The highest BCUT2D eigenvalue weighted by atomic mass is 16.6. The maximum atomic E-state index is 13.1. The Labute approximate surface area is 217 Å². The lowest BCUT2D eigenvalue weighted by molar-refractivity contribution is -0.149. The van der Waals surface area contributed by atoms with Crippen molar-refractivity contribution in [2.45, 2.75) is 50.7 Å². The Morgan fingerprint density at radius 2 is 1.46 bits per heavy atom. The van der Waals surface area contributed by atoms with Crippen LogP contribution in [-0.2, 0) is 20.9 Å². The molecule has 1 N–H and O–H groups in total. The average Bonchev–Trinajstić information content (AvgIpc) is 3.28. The van der Waals surface area contributed by atoms with Gasteiger partial charge >= 0.3 is 12.1 Å². The number of amides is 1. The summed E-state index contributed by atoms with van der Waals surface area (Å²) in [4.78, 5) is 26.1. The molecule has 6 heteroatoms. The van der Waals surface area contributed by atoms with Crippen molar-refractivity contribution in [2.75, 3.05) is 13.7 Å². The van der Waals surface area contributed by atoms with Crippen molar-refractivity contribution < 1.29 is 23.8 Å². The van der Waals surface area contributed by atoms with Crippen molar-refractivity contribution in [2.24, 2.45) is 5.92 Å². The minimum absolute atomic E-state index is 0.0340. The predicted octanol–water partition coefficient (Wildman–Crippen LogP) is 6.23. The molecule has 0 radical (unpaired) electrons. The number of benzene rings is 3. The summed E-state index contributed by atoms with van der Waals surface area (Å²) in [6, 6.07) is 23.1. The number of carbonyl (C=O) groups is 2. The summed E-state index contributed by atoms with van der Waals surface area (Å²) in [5, 5.41) is 2.86. The lowest BCUT2D eigenvalue weighted by Gasteiger charge is -2.29. The molecule has 0 unspecified atom stereocenters. The molecule has 192 valence electrons.